The highest BCUT2D eigenvalue weighted by atomic mass is 19.4. The van der Waals surface area contributed by atoms with Gasteiger partial charge in [0.2, 0.25) is 0 Å². The van der Waals surface area contributed by atoms with Gasteiger partial charge in [0.05, 0.1) is 16.6 Å². The Morgan fingerprint density at radius 1 is 0.756 bits per heavy atom. The van der Waals surface area contributed by atoms with Gasteiger partial charge < -0.3 is 10.8 Å². The molecule has 210 valence electrons. The maximum absolute atomic E-state index is 13.9. The smallest absolute Gasteiger partial charge is 0.399 e. The molecule has 0 saturated heterocycles. The highest BCUT2D eigenvalue weighted by molar-refractivity contribution is 5.84. The van der Waals surface area contributed by atoms with Gasteiger partial charge in [-0.1, -0.05) is 60.7 Å². The van der Waals surface area contributed by atoms with Crippen molar-refractivity contribution in [3.63, 3.8) is 0 Å². The van der Waals surface area contributed by atoms with E-state index in [2.05, 4.69) is 4.98 Å². The van der Waals surface area contributed by atoms with Gasteiger partial charge in [0.1, 0.15) is 5.82 Å². The van der Waals surface area contributed by atoms with Crippen molar-refractivity contribution in [2.45, 2.75) is 24.4 Å². The van der Waals surface area contributed by atoms with E-state index in [9.17, 15) is 36.2 Å². The Bertz CT molecular complexity index is 1770. The summed E-state index contributed by atoms with van der Waals surface area (Å²) in [5.41, 5.74) is 1.77. The first-order chi connectivity index (χ1) is 19.3. The molecule has 5 nitrogen and oxygen atoms in total. The number of halogens is 6. The molecule has 0 atom stereocenters. The first-order valence-electron chi connectivity index (χ1n) is 12.2. The first-order valence-corrected chi connectivity index (χ1v) is 12.2. The van der Waals surface area contributed by atoms with Gasteiger partial charge >= 0.3 is 12.4 Å². The van der Waals surface area contributed by atoms with E-state index in [1.807, 2.05) is 0 Å². The van der Waals surface area contributed by atoms with Crippen LogP contribution in [0.25, 0.3) is 27.7 Å². The minimum absolute atomic E-state index is 0.0276. The molecule has 0 bridgehead atoms. The third-order valence-electron chi connectivity index (χ3n) is 6.73. The van der Waals surface area contributed by atoms with Gasteiger partial charge in [-0.25, -0.2) is 4.98 Å². The Morgan fingerprint density at radius 3 is 2.00 bits per heavy atom. The Morgan fingerprint density at radius 2 is 1.39 bits per heavy atom. The number of hydrogen-bond donors (Lipinski definition) is 2. The van der Waals surface area contributed by atoms with Crippen LogP contribution in [-0.2, 0) is 12.0 Å². The number of nitrogens with zero attached hydrogens (tertiary/aromatic N) is 2. The molecule has 1 heterocycles. The topological polar surface area (TPSA) is 81.1 Å². The molecule has 0 radical (unpaired) electrons. The molecule has 5 aromatic rings. The highest BCUT2D eigenvalue weighted by Gasteiger charge is 2.71. The molecule has 11 heteroatoms. The van der Waals surface area contributed by atoms with Crippen molar-refractivity contribution in [1.82, 2.24) is 9.55 Å². The fraction of sp³-hybridized carbons (Fsp3) is 0.133. The van der Waals surface area contributed by atoms with Crippen molar-refractivity contribution in [3.05, 3.63) is 124 Å². The van der Waals surface area contributed by atoms with Crippen LogP contribution in [0.15, 0.2) is 102 Å². The first kappa shape index (κ1) is 27.9. The van der Waals surface area contributed by atoms with Crippen LogP contribution in [0.4, 0.5) is 32.0 Å². The minimum Gasteiger partial charge on any atom is -0.399 e. The molecule has 0 saturated carbocycles. The molecular formula is C30H21F6N3O2. The number of aliphatic hydroxyl groups is 1. The van der Waals surface area contributed by atoms with Crippen molar-refractivity contribution in [2.24, 2.45) is 0 Å². The predicted octanol–water partition coefficient (Wildman–Crippen LogP) is 6.54. The second-order valence-corrected chi connectivity index (χ2v) is 9.44. The molecule has 0 aliphatic heterocycles. The van der Waals surface area contributed by atoms with Gasteiger partial charge in [-0.15, -0.1) is 0 Å². The van der Waals surface area contributed by atoms with Crippen LogP contribution in [0.3, 0.4) is 0 Å². The summed E-state index contributed by atoms with van der Waals surface area (Å²) in [6, 6.07) is 23.8. The monoisotopic (exact) mass is 569 g/mol. The van der Waals surface area contributed by atoms with Crippen molar-refractivity contribution < 1.29 is 31.4 Å². The van der Waals surface area contributed by atoms with Crippen LogP contribution in [-0.4, -0.2) is 27.0 Å². The normalized spacial score (nSPS) is 12.6. The van der Waals surface area contributed by atoms with Gasteiger partial charge in [0.15, 0.2) is 0 Å². The lowest BCUT2D eigenvalue weighted by atomic mass is 9.92. The molecule has 0 aliphatic carbocycles. The molecule has 5 rings (SSSR count). The number of nitrogens with two attached hydrogens (primary N) is 1. The lowest BCUT2D eigenvalue weighted by molar-refractivity contribution is -0.376. The van der Waals surface area contributed by atoms with E-state index in [4.69, 9.17) is 5.73 Å². The zero-order chi connectivity index (χ0) is 29.6. The summed E-state index contributed by atoms with van der Waals surface area (Å²) < 4.78 is 81.6. The largest absolute Gasteiger partial charge is 0.430 e. The van der Waals surface area contributed by atoms with Crippen LogP contribution >= 0.6 is 0 Å². The highest BCUT2D eigenvalue weighted by Crippen LogP contribution is 2.50. The number of nitrogen functional groups attached to an aromatic ring is 1. The van der Waals surface area contributed by atoms with Crippen LogP contribution in [0.1, 0.15) is 17.0 Å². The average molecular weight is 570 g/mol. The fourth-order valence-electron chi connectivity index (χ4n) is 4.63. The number of fused-ring (bicyclic) bond motifs is 1. The summed E-state index contributed by atoms with van der Waals surface area (Å²) in [7, 11) is 0. The Balaban J connectivity index is 1.70. The summed E-state index contributed by atoms with van der Waals surface area (Å²) in [6.45, 7) is 0. The molecule has 3 N–H and O–H groups in total. The van der Waals surface area contributed by atoms with Crippen molar-refractivity contribution in [2.75, 3.05) is 5.73 Å². The van der Waals surface area contributed by atoms with Crippen LogP contribution in [0, 0.1) is 0 Å². The second kappa shape index (κ2) is 10.1. The van der Waals surface area contributed by atoms with Gasteiger partial charge in [-0.2, -0.15) is 26.3 Å². The molecule has 0 fully saturated rings. The van der Waals surface area contributed by atoms with Gasteiger partial charge in [-0.05, 0) is 53.1 Å². The van der Waals surface area contributed by atoms with Gasteiger partial charge in [0, 0.05) is 17.7 Å². The summed E-state index contributed by atoms with van der Waals surface area (Å²) in [5.74, 6) is 0.208. The Labute approximate surface area is 229 Å². The molecule has 0 aliphatic rings. The molecule has 4 aromatic carbocycles. The second-order valence-electron chi connectivity index (χ2n) is 9.44. The van der Waals surface area contributed by atoms with Crippen LogP contribution in [0.2, 0.25) is 0 Å². The van der Waals surface area contributed by atoms with E-state index in [0.29, 0.717) is 28.9 Å². The van der Waals surface area contributed by atoms with E-state index in [0.717, 1.165) is 27.8 Å². The summed E-state index contributed by atoms with van der Waals surface area (Å²) >= 11 is 0. The number of alkyl halides is 6. The van der Waals surface area contributed by atoms with Crippen LogP contribution in [0.5, 0.6) is 0 Å². The van der Waals surface area contributed by atoms with Gasteiger partial charge in [-0.3, -0.25) is 9.36 Å². The number of benzene rings is 4. The molecular weight excluding hydrogens is 548 g/mol. The van der Waals surface area contributed by atoms with Crippen molar-refractivity contribution in [1.29, 1.82) is 0 Å². The zero-order valence-corrected chi connectivity index (χ0v) is 21.0. The molecule has 0 unspecified atom stereocenters. The number of hydrogen-bond acceptors (Lipinski definition) is 4. The number of aromatic nitrogens is 2. The lowest BCUT2D eigenvalue weighted by Crippen LogP contribution is -2.53. The maximum Gasteiger partial charge on any atom is 0.430 e. The third-order valence-corrected chi connectivity index (χ3v) is 6.73. The zero-order valence-electron chi connectivity index (χ0n) is 21.0. The van der Waals surface area contributed by atoms with E-state index < -0.39 is 29.1 Å². The van der Waals surface area contributed by atoms with E-state index >= 15 is 0 Å². The maximum atomic E-state index is 13.9. The van der Waals surface area contributed by atoms with E-state index in [-0.39, 0.29) is 23.3 Å². The van der Waals surface area contributed by atoms with Crippen molar-refractivity contribution >= 4 is 16.6 Å². The van der Waals surface area contributed by atoms with Crippen LogP contribution < -0.4 is 11.3 Å². The molecule has 1 aromatic heterocycles. The number of rotatable bonds is 5. The molecule has 0 spiro atoms. The molecule has 41 heavy (non-hydrogen) atoms. The summed E-state index contributed by atoms with van der Waals surface area (Å²) in [4.78, 5) is 18.5. The predicted molar refractivity (Wildman–Crippen MR) is 142 cm³/mol. The van der Waals surface area contributed by atoms with Crippen molar-refractivity contribution in [3.8, 4) is 16.8 Å². The summed E-state index contributed by atoms with van der Waals surface area (Å²) in [5, 5.41) is 9.95. The van der Waals surface area contributed by atoms with E-state index in [1.54, 1.807) is 72.8 Å². The molecule has 0 amide bonds. The quantitative estimate of drug-likeness (QED) is 0.186. The van der Waals surface area contributed by atoms with Gasteiger partial charge in [0.25, 0.3) is 11.2 Å². The lowest BCUT2D eigenvalue weighted by Gasteiger charge is -2.32. The fourth-order valence-corrected chi connectivity index (χ4v) is 4.63. The standard InChI is InChI=1S/C30H21F6N3O2/c31-29(32,33)28(41,30(34,35)36)21-10-12-23(13-11-21)39-26(15-18-5-2-1-3-6-18)38-25-14-9-20(17-24(25)27(39)40)19-7-4-8-22(37)16-19/h1-14,16-17,41H,15,37H2. The summed E-state index contributed by atoms with van der Waals surface area (Å²) in [6.07, 6.45) is -11.9. The average Bonchev–Trinajstić information content (AvgIpc) is 2.92. The minimum atomic E-state index is -6.04. The Hall–Kier alpha value is -4.64. The SMILES string of the molecule is Nc1cccc(-c2ccc3nc(Cc4ccccc4)n(-c4ccc(C(O)(C(F)(F)F)C(F)(F)F)cc4)c(=O)c3c2)c1. The number of anilines is 1. The Kier molecular flexibility index (Phi) is 6.86. The van der Waals surface area contributed by atoms with E-state index in [1.165, 1.54) is 0 Å². The third kappa shape index (κ3) is 5.04.